The van der Waals surface area contributed by atoms with Crippen molar-refractivity contribution < 1.29 is 9.84 Å². The van der Waals surface area contributed by atoms with E-state index in [2.05, 4.69) is 25.3 Å². The van der Waals surface area contributed by atoms with Gasteiger partial charge in [0.2, 0.25) is 0 Å². The third-order valence-electron chi connectivity index (χ3n) is 3.87. The second-order valence-corrected chi connectivity index (χ2v) is 5.37. The van der Waals surface area contributed by atoms with Crippen molar-refractivity contribution in [3.05, 3.63) is 30.0 Å². The molecule has 0 radical (unpaired) electrons. The van der Waals surface area contributed by atoms with E-state index in [-0.39, 0.29) is 12.5 Å². The Hall–Kier alpha value is -2.32. The molecule has 8 heteroatoms. The highest BCUT2D eigenvalue weighted by molar-refractivity contribution is 5.71. The lowest BCUT2D eigenvalue weighted by molar-refractivity contribution is 0.193. The maximum atomic E-state index is 8.99. The summed E-state index contributed by atoms with van der Waals surface area (Å²) in [5.74, 6) is 1.73. The third kappa shape index (κ3) is 2.26. The standard InChI is InChI=1S/C14H16N6O2/c21-3-1-9-5-15-14-11(6-16-20(14)7-9)13-17-12(18-19-13)10-2-4-22-8-10/h5-7,10,21H,1-4,8H2,(H,17,18,19)/t10-/m1/s1. The van der Waals surface area contributed by atoms with Crippen molar-refractivity contribution in [1.82, 2.24) is 29.8 Å². The number of hydrogen-bond acceptors (Lipinski definition) is 6. The van der Waals surface area contributed by atoms with E-state index in [4.69, 9.17) is 9.84 Å². The summed E-state index contributed by atoms with van der Waals surface area (Å²) in [6.45, 7) is 1.55. The van der Waals surface area contributed by atoms with E-state index < -0.39 is 0 Å². The molecule has 0 amide bonds. The molecule has 1 aliphatic heterocycles. The first-order valence-corrected chi connectivity index (χ1v) is 7.28. The van der Waals surface area contributed by atoms with Crippen LogP contribution < -0.4 is 0 Å². The van der Waals surface area contributed by atoms with Gasteiger partial charge in [0.1, 0.15) is 5.82 Å². The summed E-state index contributed by atoms with van der Waals surface area (Å²) in [6.07, 6.45) is 6.84. The lowest BCUT2D eigenvalue weighted by atomic mass is 10.1. The van der Waals surface area contributed by atoms with E-state index in [1.54, 1.807) is 16.9 Å². The fraction of sp³-hybridized carbons (Fsp3) is 0.429. The van der Waals surface area contributed by atoms with Crippen molar-refractivity contribution in [2.45, 2.75) is 18.8 Å². The lowest BCUT2D eigenvalue weighted by Crippen LogP contribution is -1.99. The second kappa shape index (κ2) is 5.47. The van der Waals surface area contributed by atoms with E-state index in [0.29, 0.717) is 24.5 Å². The second-order valence-electron chi connectivity index (χ2n) is 5.37. The van der Waals surface area contributed by atoms with Gasteiger partial charge in [-0.25, -0.2) is 14.5 Å². The topological polar surface area (TPSA) is 101 Å². The summed E-state index contributed by atoms with van der Waals surface area (Å²) in [6, 6.07) is 0. The molecule has 0 aromatic carbocycles. The van der Waals surface area contributed by atoms with Gasteiger partial charge >= 0.3 is 0 Å². The van der Waals surface area contributed by atoms with E-state index in [0.717, 1.165) is 30.0 Å². The number of nitrogens with zero attached hydrogens (tertiary/aromatic N) is 5. The van der Waals surface area contributed by atoms with E-state index in [1.807, 2.05) is 6.20 Å². The first kappa shape index (κ1) is 13.4. The van der Waals surface area contributed by atoms with E-state index in [1.165, 1.54) is 0 Å². The van der Waals surface area contributed by atoms with Crippen LogP contribution >= 0.6 is 0 Å². The van der Waals surface area contributed by atoms with Crippen LogP contribution in [0.3, 0.4) is 0 Å². The van der Waals surface area contributed by atoms with Crippen LogP contribution in [0.25, 0.3) is 17.0 Å². The number of ether oxygens (including phenoxy) is 1. The molecule has 4 heterocycles. The maximum absolute atomic E-state index is 8.99. The van der Waals surface area contributed by atoms with Crippen molar-refractivity contribution in [1.29, 1.82) is 0 Å². The molecule has 8 nitrogen and oxygen atoms in total. The van der Waals surface area contributed by atoms with Gasteiger partial charge in [-0.05, 0) is 18.4 Å². The number of fused-ring (bicyclic) bond motifs is 1. The number of aromatic amines is 1. The number of aliphatic hydroxyl groups is 1. The number of nitrogens with one attached hydrogen (secondary N) is 1. The first-order valence-electron chi connectivity index (χ1n) is 7.28. The fourth-order valence-corrected chi connectivity index (χ4v) is 2.66. The molecular weight excluding hydrogens is 284 g/mol. The zero-order chi connectivity index (χ0) is 14.9. The van der Waals surface area contributed by atoms with Crippen LogP contribution in [0.2, 0.25) is 0 Å². The predicted molar refractivity (Wildman–Crippen MR) is 77.3 cm³/mol. The Morgan fingerprint density at radius 1 is 1.41 bits per heavy atom. The van der Waals surface area contributed by atoms with Gasteiger partial charge in [0.05, 0.1) is 18.4 Å². The molecule has 114 valence electrons. The van der Waals surface area contributed by atoms with Crippen molar-refractivity contribution >= 4 is 5.65 Å². The normalized spacial score (nSPS) is 18.3. The molecule has 1 atom stereocenters. The Labute approximate surface area is 126 Å². The molecule has 0 aliphatic carbocycles. The van der Waals surface area contributed by atoms with Gasteiger partial charge in [-0.1, -0.05) is 0 Å². The largest absolute Gasteiger partial charge is 0.396 e. The van der Waals surface area contributed by atoms with Crippen molar-refractivity contribution in [3.63, 3.8) is 0 Å². The summed E-state index contributed by atoms with van der Waals surface area (Å²) in [7, 11) is 0. The molecule has 1 fully saturated rings. The smallest absolute Gasteiger partial charge is 0.186 e. The van der Waals surface area contributed by atoms with E-state index in [9.17, 15) is 0 Å². The first-order chi connectivity index (χ1) is 10.8. The Morgan fingerprint density at radius 2 is 2.36 bits per heavy atom. The fourth-order valence-electron chi connectivity index (χ4n) is 2.66. The molecule has 4 rings (SSSR count). The van der Waals surface area contributed by atoms with Gasteiger partial charge < -0.3 is 9.84 Å². The Bertz CT molecular complexity index is 790. The van der Waals surface area contributed by atoms with Crippen LogP contribution in [-0.2, 0) is 11.2 Å². The van der Waals surface area contributed by atoms with Crippen LogP contribution in [0, 0.1) is 0 Å². The molecule has 0 unspecified atom stereocenters. The van der Waals surface area contributed by atoms with Gasteiger partial charge in [-0.3, -0.25) is 5.10 Å². The number of aromatic nitrogens is 6. The van der Waals surface area contributed by atoms with Crippen LogP contribution in [-0.4, -0.2) is 54.7 Å². The minimum Gasteiger partial charge on any atom is -0.396 e. The molecular formula is C14H16N6O2. The van der Waals surface area contributed by atoms with Crippen LogP contribution in [0.15, 0.2) is 18.6 Å². The molecule has 0 saturated carbocycles. The van der Waals surface area contributed by atoms with Crippen molar-refractivity contribution in [3.8, 4) is 11.4 Å². The summed E-state index contributed by atoms with van der Waals surface area (Å²) >= 11 is 0. The maximum Gasteiger partial charge on any atom is 0.186 e. The Kier molecular flexibility index (Phi) is 3.32. The lowest BCUT2D eigenvalue weighted by Gasteiger charge is -2.00. The summed E-state index contributed by atoms with van der Waals surface area (Å²) < 4.78 is 7.07. The van der Waals surface area contributed by atoms with Crippen LogP contribution in [0.5, 0.6) is 0 Å². The number of rotatable bonds is 4. The minimum absolute atomic E-state index is 0.0923. The summed E-state index contributed by atoms with van der Waals surface area (Å²) in [5.41, 5.74) is 2.43. The predicted octanol–water partition coefficient (Wildman–Crippen LogP) is 0.553. The Balaban J connectivity index is 1.68. The molecule has 0 spiro atoms. The minimum atomic E-state index is 0.0923. The van der Waals surface area contributed by atoms with Crippen LogP contribution in [0.4, 0.5) is 0 Å². The van der Waals surface area contributed by atoms with Crippen LogP contribution in [0.1, 0.15) is 23.7 Å². The average molecular weight is 300 g/mol. The number of aliphatic hydroxyl groups excluding tert-OH is 1. The third-order valence-corrected chi connectivity index (χ3v) is 3.87. The van der Waals surface area contributed by atoms with Gasteiger partial charge in [0.25, 0.3) is 0 Å². The number of hydrogen-bond donors (Lipinski definition) is 2. The molecule has 22 heavy (non-hydrogen) atoms. The van der Waals surface area contributed by atoms with Gasteiger partial charge in [0, 0.05) is 31.5 Å². The molecule has 3 aromatic heterocycles. The quantitative estimate of drug-likeness (QED) is 0.730. The zero-order valence-electron chi connectivity index (χ0n) is 11.9. The Morgan fingerprint density at radius 3 is 3.18 bits per heavy atom. The SMILES string of the molecule is OCCc1cnc2c(-c3n[nH]c([C@@H]4CCOC4)n3)cnn2c1. The monoisotopic (exact) mass is 300 g/mol. The highest BCUT2D eigenvalue weighted by atomic mass is 16.5. The molecule has 1 saturated heterocycles. The summed E-state index contributed by atoms with van der Waals surface area (Å²) in [5, 5.41) is 20.6. The van der Waals surface area contributed by atoms with Gasteiger partial charge in [-0.15, -0.1) is 0 Å². The van der Waals surface area contributed by atoms with E-state index >= 15 is 0 Å². The van der Waals surface area contributed by atoms with Gasteiger partial charge in [-0.2, -0.15) is 10.2 Å². The van der Waals surface area contributed by atoms with Crippen molar-refractivity contribution in [2.24, 2.45) is 0 Å². The molecule has 2 N–H and O–H groups in total. The number of H-pyrrole nitrogens is 1. The van der Waals surface area contributed by atoms with Gasteiger partial charge in [0.15, 0.2) is 11.5 Å². The molecule has 0 bridgehead atoms. The average Bonchev–Trinajstić information content (AvgIpc) is 3.26. The molecule has 1 aliphatic rings. The van der Waals surface area contributed by atoms with Crippen molar-refractivity contribution in [2.75, 3.05) is 19.8 Å². The highest BCUT2D eigenvalue weighted by Crippen LogP contribution is 2.25. The zero-order valence-corrected chi connectivity index (χ0v) is 11.9. The highest BCUT2D eigenvalue weighted by Gasteiger charge is 2.22. The molecule has 3 aromatic rings. The summed E-state index contributed by atoms with van der Waals surface area (Å²) in [4.78, 5) is 8.98.